The van der Waals surface area contributed by atoms with Gasteiger partial charge in [0.2, 0.25) is 5.91 Å². The number of anilines is 1. The van der Waals surface area contributed by atoms with Crippen LogP contribution < -0.4 is 5.32 Å². The second-order valence-electron chi connectivity index (χ2n) is 4.38. The summed E-state index contributed by atoms with van der Waals surface area (Å²) in [7, 11) is 1.58. The highest BCUT2D eigenvalue weighted by atomic mass is 16.5. The normalized spacial score (nSPS) is 10.7. The number of carbonyl (C=O) groups is 1. The van der Waals surface area contributed by atoms with Crippen LogP contribution in [-0.4, -0.2) is 18.6 Å². The van der Waals surface area contributed by atoms with Crippen LogP contribution in [0.1, 0.15) is 25.8 Å². The Hall–Kier alpha value is -1.86. The van der Waals surface area contributed by atoms with Gasteiger partial charge in [-0.15, -0.1) is 0 Å². The largest absolute Gasteiger partial charge is 0.378 e. The van der Waals surface area contributed by atoms with Gasteiger partial charge in [-0.05, 0) is 38.1 Å². The molecule has 0 aliphatic rings. The fourth-order valence-electron chi connectivity index (χ4n) is 1.29. The first-order valence-corrected chi connectivity index (χ1v) is 5.32. The lowest BCUT2D eigenvalue weighted by molar-refractivity contribution is -0.121. The molecule has 0 aliphatic heterocycles. The van der Waals surface area contributed by atoms with E-state index < -0.39 is 5.60 Å². The molecule has 1 amide bonds. The van der Waals surface area contributed by atoms with Gasteiger partial charge in [0, 0.05) is 12.8 Å². The van der Waals surface area contributed by atoms with E-state index in [4.69, 9.17) is 10.00 Å². The molecule has 0 aromatic heterocycles. The maximum Gasteiger partial charge on any atom is 0.227 e. The number of hydrogen-bond donors (Lipinski definition) is 1. The van der Waals surface area contributed by atoms with E-state index in [1.54, 1.807) is 31.4 Å². The molecule has 4 heteroatoms. The predicted octanol–water partition coefficient (Wildman–Crippen LogP) is 2.31. The van der Waals surface area contributed by atoms with E-state index >= 15 is 0 Å². The third-order valence-electron chi connectivity index (χ3n) is 2.44. The molecular weight excluding hydrogens is 216 g/mol. The number of carbonyl (C=O) groups excluding carboxylic acids is 1. The summed E-state index contributed by atoms with van der Waals surface area (Å²) in [5, 5.41) is 11.4. The van der Waals surface area contributed by atoms with Crippen LogP contribution >= 0.6 is 0 Å². The van der Waals surface area contributed by atoms with Crippen molar-refractivity contribution < 1.29 is 9.53 Å². The van der Waals surface area contributed by atoms with Crippen molar-refractivity contribution in [3.8, 4) is 6.07 Å². The Morgan fingerprint density at radius 3 is 2.47 bits per heavy atom. The summed E-state index contributed by atoms with van der Waals surface area (Å²) < 4.78 is 5.18. The molecule has 90 valence electrons. The first-order chi connectivity index (χ1) is 7.96. The Bertz CT molecular complexity index is 430. The zero-order valence-corrected chi connectivity index (χ0v) is 10.3. The minimum Gasteiger partial charge on any atom is -0.378 e. The first-order valence-electron chi connectivity index (χ1n) is 5.32. The van der Waals surface area contributed by atoms with Crippen molar-refractivity contribution in [1.82, 2.24) is 0 Å². The van der Waals surface area contributed by atoms with Crippen LogP contribution in [-0.2, 0) is 9.53 Å². The van der Waals surface area contributed by atoms with Crippen LogP contribution in [0.25, 0.3) is 0 Å². The molecule has 0 bridgehead atoms. The summed E-state index contributed by atoms with van der Waals surface area (Å²) in [6, 6.07) is 8.76. The van der Waals surface area contributed by atoms with E-state index in [9.17, 15) is 4.79 Å². The van der Waals surface area contributed by atoms with Crippen LogP contribution in [0, 0.1) is 11.3 Å². The number of rotatable bonds is 4. The predicted molar refractivity (Wildman–Crippen MR) is 65.5 cm³/mol. The van der Waals surface area contributed by atoms with Crippen molar-refractivity contribution in [3.63, 3.8) is 0 Å². The zero-order chi connectivity index (χ0) is 12.9. The lowest BCUT2D eigenvalue weighted by Crippen LogP contribution is -2.29. The fraction of sp³-hybridized carbons (Fsp3) is 0.385. The lowest BCUT2D eigenvalue weighted by Gasteiger charge is -2.21. The van der Waals surface area contributed by atoms with Crippen LogP contribution in [0.2, 0.25) is 0 Å². The Labute approximate surface area is 101 Å². The molecule has 0 saturated heterocycles. The van der Waals surface area contributed by atoms with E-state index in [0.717, 1.165) is 0 Å². The summed E-state index contributed by atoms with van der Waals surface area (Å²) in [5.41, 5.74) is 0.776. The van der Waals surface area contributed by atoms with Gasteiger partial charge in [-0.2, -0.15) is 5.26 Å². The molecule has 0 atom stereocenters. The number of nitrogens with one attached hydrogen (secondary N) is 1. The minimum absolute atomic E-state index is 0.110. The first kappa shape index (κ1) is 13.2. The average Bonchev–Trinajstić information content (AvgIpc) is 2.29. The highest BCUT2D eigenvalue weighted by molar-refractivity contribution is 5.91. The van der Waals surface area contributed by atoms with E-state index in [1.807, 2.05) is 19.9 Å². The van der Waals surface area contributed by atoms with E-state index in [1.165, 1.54) is 0 Å². The molecule has 0 aliphatic carbocycles. The molecule has 1 aromatic rings. The van der Waals surface area contributed by atoms with Crippen molar-refractivity contribution in [1.29, 1.82) is 5.26 Å². The van der Waals surface area contributed by atoms with Gasteiger partial charge in [-0.25, -0.2) is 0 Å². The van der Waals surface area contributed by atoms with E-state index in [2.05, 4.69) is 5.32 Å². The molecule has 1 N–H and O–H groups in total. The van der Waals surface area contributed by atoms with Crippen molar-refractivity contribution in [2.45, 2.75) is 25.9 Å². The summed E-state index contributed by atoms with van der Waals surface area (Å²) in [4.78, 5) is 11.7. The molecule has 0 radical (unpaired) electrons. The summed E-state index contributed by atoms with van der Waals surface area (Å²) >= 11 is 0. The number of amides is 1. The monoisotopic (exact) mass is 232 g/mol. The number of nitriles is 1. The Morgan fingerprint density at radius 2 is 2.00 bits per heavy atom. The Balaban J connectivity index is 2.60. The molecule has 0 spiro atoms. The molecule has 0 heterocycles. The van der Waals surface area contributed by atoms with Gasteiger partial charge in [0.25, 0.3) is 0 Å². The minimum atomic E-state index is -0.476. The number of nitrogens with zero attached hydrogens (tertiary/aromatic N) is 1. The highest BCUT2D eigenvalue weighted by Crippen LogP contribution is 2.15. The quantitative estimate of drug-likeness (QED) is 0.866. The molecule has 4 nitrogen and oxygen atoms in total. The summed E-state index contributed by atoms with van der Waals surface area (Å²) in [6.45, 7) is 3.71. The summed E-state index contributed by atoms with van der Waals surface area (Å²) in [5.74, 6) is -0.110. The highest BCUT2D eigenvalue weighted by Gasteiger charge is 2.20. The van der Waals surface area contributed by atoms with Crippen LogP contribution in [0.3, 0.4) is 0 Å². The Kier molecular flexibility index (Phi) is 4.24. The molecule has 0 fully saturated rings. The second kappa shape index (κ2) is 5.46. The molecular formula is C13H16N2O2. The molecule has 0 saturated carbocycles. The molecule has 17 heavy (non-hydrogen) atoms. The topological polar surface area (TPSA) is 62.1 Å². The van der Waals surface area contributed by atoms with Crippen LogP contribution in [0.15, 0.2) is 24.3 Å². The van der Waals surface area contributed by atoms with Gasteiger partial charge in [0.15, 0.2) is 0 Å². The number of methoxy groups -OCH3 is 1. The van der Waals surface area contributed by atoms with Gasteiger partial charge in [-0.1, -0.05) is 0 Å². The maximum atomic E-state index is 11.7. The molecule has 1 rings (SSSR count). The van der Waals surface area contributed by atoms with Gasteiger partial charge < -0.3 is 10.1 Å². The number of hydrogen-bond acceptors (Lipinski definition) is 3. The standard InChI is InChI=1S/C13H16N2O2/c1-13(2,17-3)8-12(16)15-11-6-4-10(9-14)5-7-11/h4-7H,8H2,1-3H3,(H,15,16). The smallest absolute Gasteiger partial charge is 0.227 e. The van der Waals surface area contributed by atoms with E-state index in [0.29, 0.717) is 11.3 Å². The number of benzene rings is 1. The van der Waals surface area contributed by atoms with Gasteiger partial charge >= 0.3 is 0 Å². The van der Waals surface area contributed by atoms with Gasteiger partial charge in [0.1, 0.15) is 0 Å². The summed E-state index contributed by atoms with van der Waals surface area (Å²) in [6.07, 6.45) is 0.281. The third kappa shape index (κ3) is 4.25. The van der Waals surface area contributed by atoms with E-state index in [-0.39, 0.29) is 12.3 Å². The van der Waals surface area contributed by atoms with Crippen LogP contribution in [0.5, 0.6) is 0 Å². The van der Waals surface area contributed by atoms with Crippen molar-refractivity contribution in [2.75, 3.05) is 12.4 Å². The Morgan fingerprint density at radius 1 is 1.41 bits per heavy atom. The van der Waals surface area contributed by atoms with Gasteiger partial charge in [-0.3, -0.25) is 4.79 Å². The lowest BCUT2D eigenvalue weighted by atomic mass is 10.0. The van der Waals surface area contributed by atoms with Crippen LogP contribution in [0.4, 0.5) is 5.69 Å². The SMILES string of the molecule is COC(C)(C)CC(=O)Nc1ccc(C#N)cc1. The third-order valence-corrected chi connectivity index (χ3v) is 2.44. The molecule has 0 unspecified atom stereocenters. The molecule has 1 aromatic carbocycles. The number of ether oxygens (including phenoxy) is 1. The second-order valence-corrected chi connectivity index (χ2v) is 4.38. The average molecular weight is 232 g/mol. The van der Waals surface area contributed by atoms with Crippen molar-refractivity contribution in [2.24, 2.45) is 0 Å². The maximum absolute atomic E-state index is 11.7. The fourth-order valence-corrected chi connectivity index (χ4v) is 1.29. The van der Waals surface area contributed by atoms with Gasteiger partial charge in [0.05, 0.1) is 23.7 Å². The van der Waals surface area contributed by atoms with Crippen molar-refractivity contribution >= 4 is 11.6 Å². The zero-order valence-electron chi connectivity index (χ0n) is 10.3. The van der Waals surface area contributed by atoms with Crippen molar-refractivity contribution in [3.05, 3.63) is 29.8 Å².